The maximum Gasteiger partial charge on any atom is 0.276 e. The highest BCUT2D eigenvalue weighted by Gasteiger charge is 2.35. The molecule has 166 valence electrons. The van der Waals surface area contributed by atoms with Gasteiger partial charge in [-0.1, -0.05) is 68.6 Å². The highest BCUT2D eigenvalue weighted by atomic mass is 32.2. The first-order chi connectivity index (χ1) is 15.7. The summed E-state index contributed by atoms with van der Waals surface area (Å²) >= 11 is 1.59. The van der Waals surface area contributed by atoms with Gasteiger partial charge in [0.1, 0.15) is 5.70 Å². The Morgan fingerprint density at radius 1 is 1.09 bits per heavy atom. The number of carbonyl (C=O) groups excluding carboxylic acids is 1. The summed E-state index contributed by atoms with van der Waals surface area (Å²) in [6.07, 6.45) is 5.60. The Labute approximate surface area is 191 Å². The van der Waals surface area contributed by atoms with E-state index in [1.165, 1.54) is 25.7 Å². The van der Waals surface area contributed by atoms with Gasteiger partial charge in [-0.3, -0.25) is 15.1 Å². The van der Waals surface area contributed by atoms with Gasteiger partial charge in [-0.25, -0.2) is 5.01 Å². The van der Waals surface area contributed by atoms with Crippen LogP contribution in [-0.4, -0.2) is 28.6 Å². The number of para-hydroxylation sites is 1. The molecule has 0 aromatic heterocycles. The van der Waals surface area contributed by atoms with E-state index in [1.807, 2.05) is 42.5 Å². The molecule has 0 aliphatic carbocycles. The fourth-order valence-electron chi connectivity index (χ4n) is 4.06. The Morgan fingerprint density at radius 2 is 1.94 bits per heavy atom. The first-order valence-electron chi connectivity index (χ1n) is 11.1. The Balaban J connectivity index is 1.46. The van der Waals surface area contributed by atoms with Gasteiger partial charge in [-0.15, -0.1) is 5.10 Å². The summed E-state index contributed by atoms with van der Waals surface area (Å²) in [7, 11) is 0. The molecule has 0 spiro atoms. The van der Waals surface area contributed by atoms with Crippen LogP contribution >= 0.6 is 11.8 Å². The van der Waals surface area contributed by atoms with Gasteiger partial charge in [-0.2, -0.15) is 0 Å². The van der Waals surface area contributed by atoms with Crippen LogP contribution in [0.2, 0.25) is 0 Å². The van der Waals surface area contributed by atoms with Crippen LogP contribution in [0.15, 0.2) is 52.6 Å². The standard InChI is InChI=1S/C24H26N4O3S/c1-2-3-4-5-8-13-32-24-26-23(29)21-17-9-6-7-10-18(17)25-22(28(21)27-24)16-11-12-19-20(14-16)31-15-30-19/h6-7,9-12,14,22H,2-5,8,13,15H2,1H3,(H,26,27,29)/t22-/m1/s1. The van der Waals surface area contributed by atoms with Gasteiger partial charge in [0.25, 0.3) is 5.91 Å². The fraction of sp³-hybridized carbons (Fsp3) is 0.375. The number of nitrogens with zero attached hydrogens (tertiary/aromatic N) is 3. The Kier molecular flexibility index (Phi) is 6.03. The van der Waals surface area contributed by atoms with Crippen LogP contribution in [0.3, 0.4) is 0 Å². The summed E-state index contributed by atoms with van der Waals surface area (Å²) in [5.41, 5.74) is 1.41. The van der Waals surface area contributed by atoms with Crippen LogP contribution in [-0.2, 0) is 4.79 Å². The SMILES string of the molecule is CCCCCCCSC1=NN2C(=c3ccccc3=N[C@H]2c2ccc3c(c2)OCO3)C(=O)N1. The molecule has 0 radical (unpaired) electrons. The third kappa shape index (κ3) is 4.07. The number of hydrazone groups is 1. The summed E-state index contributed by atoms with van der Waals surface area (Å²) in [5, 5.41) is 11.7. The highest BCUT2D eigenvalue weighted by Crippen LogP contribution is 2.38. The van der Waals surface area contributed by atoms with Crippen LogP contribution in [0.5, 0.6) is 11.5 Å². The minimum absolute atomic E-state index is 0.151. The number of unbranched alkanes of at least 4 members (excludes halogenated alkanes) is 4. The molecule has 3 heterocycles. The molecular formula is C24H26N4O3S. The average Bonchev–Trinajstić information content (AvgIpc) is 3.28. The monoisotopic (exact) mass is 450 g/mol. The molecule has 0 fully saturated rings. The van der Waals surface area contributed by atoms with E-state index in [9.17, 15) is 4.79 Å². The number of rotatable bonds is 7. The van der Waals surface area contributed by atoms with Crippen molar-refractivity contribution in [3.63, 3.8) is 0 Å². The molecule has 3 aliphatic heterocycles. The predicted molar refractivity (Wildman–Crippen MR) is 125 cm³/mol. The lowest BCUT2D eigenvalue weighted by Crippen LogP contribution is -2.50. The quantitative estimate of drug-likeness (QED) is 0.656. The average molecular weight is 451 g/mol. The second kappa shape index (κ2) is 9.24. The van der Waals surface area contributed by atoms with Gasteiger partial charge in [0.05, 0.1) is 5.36 Å². The number of hydrogen-bond donors (Lipinski definition) is 1. The fourth-order valence-corrected chi connectivity index (χ4v) is 4.91. The molecule has 0 saturated carbocycles. The van der Waals surface area contributed by atoms with Crippen LogP contribution in [0.25, 0.3) is 5.70 Å². The van der Waals surface area contributed by atoms with Gasteiger partial charge in [0.2, 0.25) is 6.79 Å². The van der Waals surface area contributed by atoms with Gasteiger partial charge >= 0.3 is 0 Å². The minimum atomic E-state index is -0.458. The Bertz CT molecular complexity index is 1180. The third-order valence-corrected chi connectivity index (χ3v) is 6.65. The second-order valence-corrected chi connectivity index (χ2v) is 9.03. The lowest BCUT2D eigenvalue weighted by Gasteiger charge is -2.34. The van der Waals surface area contributed by atoms with Crippen molar-refractivity contribution in [2.75, 3.05) is 12.5 Å². The molecule has 2 aromatic rings. The van der Waals surface area contributed by atoms with Crippen molar-refractivity contribution in [3.05, 3.63) is 58.6 Å². The van der Waals surface area contributed by atoms with E-state index in [2.05, 4.69) is 12.2 Å². The van der Waals surface area contributed by atoms with Gasteiger partial charge in [0.15, 0.2) is 22.8 Å². The molecule has 2 aromatic carbocycles. The Hall–Kier alpha value is -3.00. The molecule has 1 amide bonds. The number of hydrogen-bond acceptors (Lipinski definition) is 7. The zero-order valence-corrected chi connectivity index (χ0v) is 18.9. The maximum atomic E-state index is 13.2. The van der Waals surface area contributed by atoms with Gasteiger partial charge < -0.3 is 9.47 Å². The van der Waals surface area contributed by atoms with Crippen molar-refractivity contribution in [1.29, 1.82) is 0 Å². The van der Waals surface area contributed by atoms with Crippen LogP contribution in [0, 0.1) is 0 Å². The topological polar surface area (TPSA) is 75.5 Å². The van der Waals surface area contributed by atoms with E-state index in [0.717, 1.165) is 28.3 Å². The van der Waals surface area contributed by atoms with Crippen LogP contribution in [0.1, 0.15) is 50.8 Å². The molecule has 0 bridgehead atoms. The number of nitrogens with one attached hydrogen (secondary N) is 1. The van der Waals surface area contributed by atoms with Crippen molar-refractivity contribution in [3.8, 4) is 11.5 Å². The second-order valence-electron chi connectivity index (χ2n) is 7.95. The summed E-state index contributed by atoms with van der Waals surface area (Å²) in [6.45, 7) is 2.43. The molecular weight excluding hydrogens is 424 g/mol. The maximum absolute atomic E-state index is 13.2. The number of carbonyl (C=O) groups is 1. The van der Waals surface area contributed by atoms with E-state index in [1.54, 1.807) is 16.8 Å². The summed E-state index contributed by atoms with van der Waals surface area (Å²) in [4.78, 5) is 18.1. The first kappa shape index (κ1) is 20.9. The summed E-state index contributed by atoms with van der Waals surface area (Å²) < 4.78 is 11.0. The minimum Gasteiger partial charge on any atom is -0.454 e. The highest BCUT2D eigenvalue weighted by molar-refractivity contribution is 8.13. The number of fused-ring (bicyclic) bond motifs is 3. The van der Waals surface area contributed by atoms with Gasteiger partial charge in [0, 0.05) is 16.5 Å². The van der Waals surface area contributed by atoms with Crippen molar-refractivity contribution in [2.24, 2.45) is 10.1 Å². The van der Waals surface area contributed by atoms with E-state index < -0.39 is 6.17 Å². The largest absolute Gasteiger partial charge is 0.454 e. The Morgan fingerprint density at radius 3 is 2.84 bits per heavy atom. The number of amides is 1. The third-order valence-electron chi connectivity index (χ3n) is 5.70. The normalized spacial score (nSPS) is 18.5. The number of thioether (sulfide) groups is 1. The zero-order valence-electron chi connectivity index (χ0n) is 18.0. The van der Waals surface area contributed by atoms with E-state index in [4.69, 9.17) is 19.6 Å². The van der Waals surface area contributed by atoms with Crippen LogP contribution < -0.4 is 25.4 Å². The first-order valence-corrected chi connectivity index (χ1v) is 12.1. The van der Waals surface area contributed by atoms with Crippen molar-refractivity contribution < 1.29 is 14.3 Å². The smallest absolute Gasteiger partial charge is 0.276 e. The number of benzene rings is 2. The molecule has 1 N–H and O–H groups in total. The molecule has 3 aliphatic rings. The van der Waals surface area contributed by atoms with Crippen molar-refractivity contribution in [1.82, 2.24) is 10.3 Å². The molecule has 32 heavy (non-hydrogen) atoms. The van der Waals surface area contributed by atoms with Crippen molar-refractivity contribution >= 4 is 28.5 Å². The van der Waals surface area contributed by atoms with Gasteiger partial charge in [-0.05, 0) is 24.6 Å². The summed E-state index contributed by atoms with van der Waals surface area (Å²) in [5.74, 6) is 2.18. The zero-order chi connectivity index (χ0) is 21.9. The molecule has 8 heteroatoms. The predicted octanol–water partition coefficient (Wildman–Crippen LogP) is 3.26. The molecule has 7 nitrogen and oxygen atoms in total. The number of amidine groups is 1. The summed E-state index contributed by atoms with van der Waals surface area (Å²) in [6, 6.07) is 13.4. The molecule has 1 atom stereocenters. The molecule has 0 saturated heterocycles. The van der Waals surface area contributed by atoms with Crippen LogP contribution in [0.4, 0.5) is 0 Å². The van der Waals surface area contributed by atoms with E-state index in [0.29, 0.717) is 22.4 Å². The molecule has 5 rings (SSSR count). The van der Waals surface area contributed by atoms with E-state index >= 15 is 0 Å². The lowest BCUT2D eigenvalue weighted by molar-refractivity contribution is -0.116. The lowest BCUT2D eigenvalue weighted by atomic mass is 10.1. The van der Waals surface area contributed by atoms with E-state index in [-0.39, 0.29) is 12.7 Å². The molecule has 0 unspecified atom stereocenters. The van der Waals surface area contributed by atoms with Crippen molar-refractivity contribution in [2.45, 2.75) is 45.2 Å². The number of ether oxygens (including phenoxy) is 2.